The molecule has 8 heteroatoms. The zero-order valence-corrected chi connectivity index (χ0v) is 16.8. The van der Waals surface area contributed by atoms with Gasteiger partial charge >= 0.3 is 5.97 Å². The van der Waals surface area contributed by atoms with Crippen LogP contribution in [0.2, 0.25) is 0 Å². The molecule has 1 N–H and O–H groups in total. The van der Waals surface area contributed by atoms with Crippen LogP contribution in [-0.4, -0.2) is 27.9 Å². The van der Waals surface area contributed by atoms with Crippen LogP contribution in [0.15, 0.2) is 58.5 Å². The second kappa shape index (κ2) is 8.88. The van der Waals surface area contributed by atoms with Gasteiger partial charge in [-0.15, -0.1) is 11.3 Å². The molecule has 1 aromatic carbocycles. The molecule has 1 amide bonds. The lowest BCUT2D eigenvalue weighted by Gasteiger charge is -2.13. The second-order valence-electron chi connectivity index (χ2n) is 5.66. The number of amides is 1. The van der Waals surface area contributed by atoms with Crippen molar-refractivity contribution in [2.24, 2.45) is 0 Å². The fourth-order valence-electron chi connectivity index (χ4n) is 2.21. The molecule has 0 aliphatic rings. The Hall–Kier alpha value is -2.58. The molecule has 0 spiro atoms. The molecule has 0 bridgehead atoms. The van der Waals surface area contributed by atoms with Gasteiger partial charge in [0.15, 0.2) is 6.10 Å². The van der Waals surface area contributed by atoms with Crippen LogP contribution >= 0.6 is 27.3 Å². The second-order valence-corrected chi connectivity index (χ2v) is 7.44. The minimum Gasteiger partial charge on any atom is -0.452 e. The number of aromatic nitrogens is 2. The molecule has 3 rings (SSSR count). The first-order chi connectivity index (χ1) is 13.0. The first-order valence-corrected chi connectivity index (χ1v) is 9.80. The summed E-state index contributed by atoms with van der Waals surface area (Å²) in [6, 6.07) is 12.7. The number of pyridine rings is 1. The molecule has 0 aliphatic heterocycles. The molecule has 0 fully saturated rings. The van der Waals surface area contributed by atoms with Crippen LogP contribution in [0.1, 0.15) is 12.6 Å². The van der Waals surface area contributed by atoms with Crippen molar-refractivity contribution < 1.29 is 14.3 Å². The van der Waals surface area contributed by atoms with E-state index < -0.39 is 18.0 Å². The van der Waals surface area contributed by atoms with E-state index in [4.69, 9.17) is 4.74 Å². The zero-order valence-electron chi connectivity index (χ0n) is 14.4. The largest absolute Gasteiger partial charge is 0.452 e. The fourth-order valence-corrected chi connectivity index (χ4v) is 3.27. The van der Waals surface area contributed by atoms with Gasteiger partial charge in [-0.05, 0) is 43.3 Å². The number of esters is 1. The maximum Gasteiger partial charge on any atom is 0.312 e. The van der Waals surface area contributed by atoms with Crippen LogP contribution in [0.4, 0.5) is 5.69 Å². The molecule has 3 aromatic rings. The number of anilines is 1. The number of carbonyl (C=O) groups excluding carboxylic acids is 2. The Balaban J connectivity index is 1.53. The van der Waals surface area contributed by atoms with Gasteiger partial charge in [0.25, 0.3) is 5.91 Å². The van der Waals surface area contributed by atoms with E-state index in [0.717, 1.165) is 15.2 Å². The van der Waals surface area contributed by atoms with Crippen LogP contribution in [0.3, 0.4) is 0 Å². The van der Waals surface area contributed by atoms with E-state index in [0.29, 0.717) is 11.4 Å². The average molecular weight is 446 g/mol. The highest BCUT2D eigenvalue weighted by Crippen LogP contribution is 2.21. The quantitative estimate of drug-likeness (QED) is 0.578. The van der Waals surface area contributed by atoms with Crippen LogP contribution < -0.4 is 5.32 Å². The number of ether oxygens (including phenoxy) is 1. The van der Waals surface area contributed by atoms with Gasteiger partial charge in [-0.3, -0.25) is 14.6 Å². The first-order valence-electron chi connectivity index (χ1n) is 8.13. The van der Waals surface area contributed by atoms with E-state index in [-0.39, 0.29) is 6.42 Å². The van der Waals surface area contributed by atoms with Gasteiger partial charge in [-0.1, -0.05) is 22.0 Å². The lowest BCUT2D eigenvalue weighted by atomic mass is 10.3. The highest BCUT2D eigenvalue weighted by atomic mass is 79.9. The molecular weight excluding hydrogens is 430 g/mol. The molecule has 2 aromatic heterocycles. The SMILES string of the molecule is CC(OC(=O)Cc1csc(-c2ccccn2)n1)C(=O)Nc1ccc(Br)cc1. The summed E-state index contributed by atoms with van der Waals surface area (Å²) < 4.78 is 6.13. The Morgan fingerprint density at radius 3 is 2.70 bits per heavy atom. The summed E-state index contributed by atoms with van der Waals surface area (Å²) in [5.74, 6) is -0.899. The minimum absolute atomic E-state index is 0.000757. The van der Waals surface area contributed by atoms with Gasteiger partial charge in [0, 0.05) is 21.7 Å². The Morgan fingerprint density at radius 2 is 2.00 bits per heavy atom. The summed E-state index contributed by atoms with van der Waals surface area (Å²) >= 11 is 4.74. The number of hydrogen-bond acceptors (Lipinski definition) is 6. The molecule has 0 aliphatic carbocycles. The van der Waals surface area contributed by atoms with Gasteiger partial charge < -0.3 is 10.1 Å². The topological polar surface area (TPSA) is 81.2 Å². The summed E-state index contributed by atoms with van der Waals surface area (Å²) in [5.41, 5.74) is 1.97. The van der Waals surface area contributed by atoms with Crippen molar-refractivity contribution in [3.05, 3.63) is 64.2 Å². The molecule has 27 heavy (non-hydrogen) atoms. The highest BCUT2D eigenvalue weighted by Gasteiger charge is 2.19. The van der Waals surface area contributed by atoms with Crippen molar-refractivity contribution in [1.29, 1.82) is 0 Å². The minimum atomic E-state index is -0.907. The lowest BCUT2D eigenvalue weighted by Crippen LogP contribution is -2.30. The summed E-state index contributed by atoms with van der Waals surface area (Å²) in [4.78, 5) is 32.9. The number of nitrogens with one attached hydrogen (secondary N) is 1. The molecule has 2 heterocycles. The van der Waals surface area contributed by atoms with Gasteiger partial charge in [-0.25, -0.2) is 4.98 Å². The van der Waals surface area contributed by atoms with Crippen molar-refractivity contribution in [1.82, 2.24) is 9.97 Å². The fraction of sp³-hybridized carbons (Fsp3) is 0.158. The summed E-state index contributed by atoms with van der Waals surface area (Å²) in [6.45, 7) is 1.53. The van der Waals surface area contributed by atoms with E-state index in [2.05, 4.69) is 31.2 Å². The van der Waals surface area contributed by atoms with Crippen LogP contribution in [0.25, 0.3) is 10.7 Å². The van der Waals surface area contributed by atoms with Crippen molar-refractivity contribution in [3.63, 3.8) is 0 Å². The van der Waals surface area contributed by atoms with Gasteiger partial charge in [0.1, 0.15) is 5.01 Å². The molecule has 0 saturated carbocycles. The predicted octanol–water partition coefficient (Wildman–Crippen LogP) is 4.08. The molecule has 138 valence electrons. The van der Waals surface area contributed by atoms with Crippen LogP contribution in [0, 0.1) is 0 Å². The van der Waals surface area contributed by atoms with Crippen molar-refractivity contribution in [2.45, 2.75) is 19.4 Å². The zero-order chi connectivity index (χ0) is 19.2. The van der Waals surface area contributed by atoms with Crippen molar-refractivity contribution >= 4 is 44.8 Å². The summed E-state index contributed by atoms with van der Waals surface area (Å²) in [6.07, 6.45) is 0.783. The number of halogens is 1. The molecule has 0 radical (unpaired) electrons. The summed E-state index contributed by atoms with van der Waals surface area (Å²) in [5, 5.41) is 5.23. The van der Waals surface area contributed by atoms with Gasteiger partial charge in [-0.2, -0.15) is 0 Å². The van der Waals surface area contributed by atoms with E-state index >= 15 is 0 Å². The molecule has 1 unspecified atom stereocenters. The summed E-state index contributed by atoms with van der Waals surface area (Å²) in [7, 11) is 0. The predicted molar refractivity (Wildman–Crippen MR) is 107 cm³/mol. The third-order valence-corrected chi connectivity index (χ3v) is 4.99. The standard InChI is InChI=1S/C19H16BrN3O3S/c1-12(18(25)22-14-7-5-13(20)6-8-14)26-17(24)10-15-11-27-19(23-15)16-4-2-3-9-21-16/h2-9,11-12H,10H2,1H3,(H,22,25). The Kier molecular flexibility index (Phi) is 6.31. The first kappa shape index (κ1) is 19.2. The smallest absolute Gasteiger partial charge is 0.312 e. The monoisotopic (exact) mass is 445 g/mol. The third-order valence-electron chi connectivity index (χ3n) is 3.55. The molecule has 0 saturated heterocycles. The van der Waals surface area contributed by atoms with E-state index in [1.54, 1.807) is 23.7 Å². The van der Waals surface area contributed by atoms with Crippen LogP contribution in [-0.2, 0) is 20.7 Å². The molecule has 1 atom stereocenters. The number of nitrogens with zero attached hydrogens (tertiary/aromatic N) is 2. The maximum atomic E-state index is 12.2. The van der Waals surface area contributed by atoms with Crippen molar-refractivity contribution in [2.75, 3.05) is 5.32 Å². The lowest BCUT2D eigenvalue weighted by molar-refractivity contribution is -0.152. The van der Waals surface area contributed by atoms with Gasteiger partial charge in [0.05, 0.1) is 17.8 Å². The van der Waals surface area contributed by atoms with E-state index in [1.165, 1.54) is 18.3 Å². The van der Waals surface area contributed by atoms with E-state index in [1.807, 2.05) is 30.3 Å². The number of rotatable bonds is 6. The van der Waals surface area contributed by atoms with Crippen LogP contribution in [0.5, 0.6) is 0 Å². The van der Waals surface area contributed by atoms with Gasteiger partial charge in [0.2, 0.25) is 0 Å². The molecular formula is C19H16BrN3O3S. The van der Waals surface area contributed by atoms with E-state index in [9.17, 15) is 9.59 Å². The number of thiazole rings is 1. The normalized spacial score (nSPS) is 11.6. The number of carbonyl (C=O) groups is 2. The highest BCUT2D eigenvalue weighted by molar-refractivity contribution is 9.10. The Labute approximate surface area is 168 Å². The number of benzene rings is 1. The molecule has 6 nitrogen and oxygen atoms in total. The average Bonchev–Trinajstić information content (AvgIpc) is 3.12. The maximum absolute atomic E-state index is 12.2. The van der Waals surface area contributed by atoms with Crippen molar-refractivity contribution in [3.8, 4) is 10.7 Å². The Morgan fingerprint density at radius 1 is 1.22 bits per heavy atom. The third kappa shape index (κ3) is 5.45. The Bertz CT molecular complexity index is 929. The number of hydrogen-bond donors (Lipinski definition) is 1.